The molecule has 2 aromatic rings. The van der Waals surface area contributed by atoms with Gasteiger partial charge >= 0.3 is 0 Å². The Morgan fingerprint density at radius 1 is 1.11 bits per heavy atom. The van der Waals surface area contributed by atoms with Gasteiger partial charge in [0.2, 0.25) is 11.8 Å². The van der Waals surface area contributed by atoms with Crippen LogP contribution < -0.4 is 5.32 Å². The highest BCUT2D eigenvalue weighted by molar-refractivity contribution is 6.30. The van der Waals surface area contributed by atoms with Crippen molar-refractivity contribution in [2.45, 2.75) is 52.2 Å². The zero-order chi connectivity index (χ0) is 20.9. The van der Waals surface area contributed by atoms with Crippen molar-refractivity contribution in [3.63, 3.8) is 0 Å². The van der Waals surface area contributed by atoms with Crippen LogP contribution in [0.5, 0.6) is 0 Å². The number of rotatable bonds is 6. The summed E-state index contributed by atoms with van der Waals surface area (Å²) in [6, 6.07) is 12.5. The van der Waals surface area contributed by atoms with Gasteiger partial charge in [0.25, 0.3) is 0 Å². The largest absolute Gasteiger partial charge is 0.350 e. The number of amides is 2. The molecule has 4 nitrogen and oxygen atoms in total. The summed E-state index contributed by atoms with van der Waals surface area (Å²) in [5.74, 6) is -1.02. The maximum Gasteiger partial charge on any atom is 0.242 e. The number of benzene rings is 2. The molecule has 150 valence electrons. The molecule has 0 aliphatic rings. The third-order valence-electron chi connectivity index (χ3n) is 4.23. The summed E-state index contributed by atoms with van der Waals surface area (Å²) in [5, 5.41) is 3.49. The van der Waals surface area contributed by atoms with E-state index in [4.69, 9.17) is 11.6 Å². The summed E-state index contributed by atoms with van der Waals surface area (Å²) in [6.07, 6.45) is -0.118. The van der Waals surface area contributed by atoms with E-state index >= 15 is 0 Å². The maximum atomic E-state index is 14.0. The number of halogens is 2. The predicted octanol–water partition coefficient (Wildman–Crippen LogP) is 4.35. The Hall–Kier alpha value is -2.40. The van der Waals surface area contributed by atoms with Crippen LogP contribution in [-0.4, -0.2) is 28.3 Å². The minimum absolute atomic E-state index is 0.118. The smallest absolute Gasteiger partial charge is 0.242 e. The van der Waals surface area contributed by atoms with Crippen LogP contribution >= 0.6 is 11.6 Å². The Bertz CT molecular complexity index is 831. The second kappa shape index (κ2) is 9.20. The minimum atomic E-state index is -0.714. The van der Waals surface area contributed by atoms with Crippen LogP contribution in [0.2, 0.25) is 5.02 Å². The topological polar surface area (TPSA) is 49.4 Å². The molecule has 0 aliphatic heterocycles. The lowest BCUT2D eigenvalue weighted by molar-refractivity contribution is -0.140. The Labute approximate surface area is 170 Å². The molecule has 6 heteroatoms. The first kappa shape index (κ1) is 21.9. The van der Waals surface area contributed by atoms with Crippen molar-refractivity contribution < 1.29 is 14.0 Å². The lowest BCUT2D eigenvalue weighted by Crippen LogP contribution is -2.52. The molecule has 2 rings (SSSR count). The van der Waals surface area contributed by atoms with Crippen LogP contribution in [0.3, 0.4) is 0 Å². The second-order valence-electron chi connectivity index (χ2n) is 7.83. The van der Waals surface area contributed by atoms with Crippen LogP contribution in [0.25, 0.3) is 0 Å². The van der Waals surface area contributed by atoms with Gasteiger partial charge in [-0.1, -0.05) is 41.9 Å². The SMILES string of the molecule is C[C@@H](C(=O)NC(C)(C)C)N(Cc1ccc(Cl)cc1)C(=O)Cc1ccccc1F. The van der Waals surface area contributed by atoms with E-state index in [9.17, 15) is 14.0 Å². The van der Waals surface area contributed by atoms with E-state index in [-0.39, 0.29) is 24.8 Å². The number of carbonyl (C=O) groups excluding carboxylic acids is 2. The van der Waals surface area contributed by atoms with Gasteiger partial charge in [-0.25, -0.2) is 4.39 Å². The fourth-order valence-corrected chi connectivity index (χ4v) is 2.88. The predicted molar refractivity (Wildman–Crippen MR) is 109 cm³/mol. The zero-order valence-corrected chi connectivity index (χ0v) is 17.4. The molecular formula is C22H26ClFN2O2. The van der Waals surface area contributed by atoms with Gasteiger partial charge in [-0.2, -0.15) is 0 Å². The van der Waals surface area contributed by atoms with E-state index in [2.05, 4.69) is 5.32 Å². The van der Waals surface area contributed by atoms with Gasteiger partial charge in [0, 0.05) is 17.1 Å². The quantitative estimate of drug-likeness (QED) is 0.777. The molecule has 0 aromatic heterocycles. The second-order valence-corrected chi connectivity index (χ2v) is 8.27. The normalized spacial score (nSPS) is 12.4. The lowest BCUT2D eigenvalue weighted by atomic mass is 10.1. The van der Waals surface area contributed by atoms with Crippen LogP contribution in [0.4, 0.5) is 4.39 Å². The van der Waals surface area contributed by atoms with Gasteiger partial charge < -0.3 is 10.2 Å². The lowest BCUT2D eigenvalue weighted by Gasteiger charge is -2.31. The summed E-state index contributed by atoms with van der Waals surface area (Å²) >= 11 is 5.93. The number of carbonyl (C=O) groups is 2. The highest BCUT2D eigenvalue weighted by Crippen LogP contribution is 2.16. The van der Waals surface area contributed by atoms with E-state index < -0.39 is 17.4 Å². The summed E-state index contributed by atoms with van der Waals surface area (Å²) in [4.78, 5) is 27.1. The molecule has 0 saturated heterocycles. The van der Waals surface area contributed by atoms with E-state index in [1.165, 1.54) is 11.0 Å². The Balaban J connectivity index is 2.26. The summed E-state index contributed by atoms with van der Waals surface area (Å²) in [7, 11) is 0. The first-order chi connectivity index (χ1) is 13.1. The van der Waals surface area contributed by atoms with Gasteiger partial charge in [-0.05, 0) is 57.0 Å². The van der Waals surface area contributed by atoms with Gasteiger partial charge in [0.05, 0.1) is 6.42 Å². The Kier molecular flexibility index (Phi) is 7.19. The third-order valence-corrected chi connectivity index (χ3v) is 4.48. The first-order valence-corrected chi connectivity index (χ1v) is 9.54. The molecule has 0 unspecified atom stereocenters. The van der Waals surface area contributed by atoms with Crippen molar-refractivity contribution in [3.05, 3.63) is 70.5 Å². The maximum absolute atomic E-state index is 14.0. The molecule has 28 heavy (non-hydrogen) atoms. The summed E-state index contributed by atoms with van der Waals surface area (Å²) < 4.78 is 14.0. The standard InChI is InChI=1S/C22H26ClFN2O2/c1-15(21(28)25-22(2,3)4)26(14-16-9-11-18(23)12-10-16)20(27)13-17-7-5-6-8-19(17)24/h5-12,15H,13-14H2,1-4H3,(H,25,28)/t15-/m0/s1. The van der Waals surface area contributed by atoms with Crippen LogP contribution in [-0.2, 0) is 22.6 Å². The van der Waals surface area contributed by atoms with E-state index in [0.717, 1.165) is 5.56 Å². The van der Waals surface area contributed by atoms with Crippen molar-refractivity contribution in [2.24, 2.45) is 0 Å². The van der Waals surface area contributed by atoms with Crippen molar-refractivity contribution in [1.82, 2.24) is 10.2 Å². The molecule has 0 saturated carbocycles. The molecule has 0 fully saturated rings. The average Bonchev–Trinajstić information content (AvgIpc) is 2.61. The monoisotopic (exact) mass is 404 g/mol. The van der Waals surface area contributed by atoms with Crippen molar-refractivity contribution in [2.75, 3.05) is 0 Å². The molecule has 2 aromatic carbocycles. The molecule has 2 amide bonds. The van der Waals surface area contributed by atoms with E-state index in [1.54, 1.807) is 49.4 Å². The number of hydrogen-bond acceptors (Lipinski definition) is 2. The van der Waals surface area contributed by atoms with Crippen LogP contribution in [0, 0.1) is 5.82 Å². The number of nitrogens with zero attached hydrogens (tertiary/aromatic N) is 1. The molecule has 0 aliphatic carbocycles. The molecule has 0 heterocycles. The van der Waals surface area contributed by atoms with E-state index in [1.807, 2.05) is 20.8 Å². The molecule has 0 radical (unpaired) electrons. The molecule has 1 N–H and O–H groups in total. The molecule has 0 bridgehead atoms. The van der Waals surface area contributed by atoms with E-state index in [0.29, 0.717) is 10.6 Å². The van der Waals surface area contributed by atoms with Crippen LogP contribution in [0.1, 0.15) is 38.8 Å². The zero-order valence-electron chi connectivity index (χ0n) is 16.6. The molecule has 0 spiro atoms. The fourth-order valence-electron chi connectivity index (χ4n) is 2.75. The Morgan fingerprint density at radius 3 is 2.29 bits per heavy atom. The van der Waals surface area contributed by atoms with Crippen molar-refractivity contribution in [1.29, 1.82) is 0 Å². The number of nitrogens with one attached hydrogen (secondary N) is 1. The molecule has 1 atom stereocenters. The third kappa shape index (κ3) is 6.34. The molecular weight excluding hydrogens is 379 g/mol. The first-order valence-electron chi connectivity index (χ1n) is 9.16. The van der Waals surface area contributed by atoms with Gasteiger partial charge in [0.15, 0.2) is 0 Å². The highest BCUT2D eigenvalue weighted by atomic mass is 35.5. The van der Waals surface area contributed by atoms with Gasteiger partial charge in [-0.3, -0.25) is 9.59 Å². The van der Waals surface area contributed by atoms with Crippen LogP contribution in [0.15, 0.2) is 48.5 Å². The number of hydrogen-bond donors (Lipinski definition) is 1. The van der Waals surface area contributed by atoms with Gasteiger partial charge in [0.1, 0.15) is 11.9 Å². The fraction of sp³-hybridized carbons (Fsp3) is 0.364. The van der Waals surface area contributed by atoms with Crippen molar-refractivity contribution in [3.8, 4) is 0 Å². The summed E-state index contributed by atoms with van der Waals surface area (Å²) in [5.41, 5.74) is 0.713. The average molecular weight is 405 g/mol. The Morgan fingerprint density at radius 2 is 1.71 bits per heavy atom. The summed E-state index contributed by atoms with van der Waals surface area (Å²) in [6.45, 7) is 7.53. The minimum Gasteiger partial charge on any atom is -0.350 e. The highest BCUT2D eigenvalue weighted by Gasteiger charge is 2.28. The van der Waals surface area contributed by atoms with Gasteiger partial charge in [-0.15, -0.1) is 0 Å². The van der Waals surface area contributed by atoms with Crippen molar-refractivity contribution >= 4 is 23.4 Å².